The molecule has 0 aliphatic rings. The smallest absolute Gasteiger partial charge is 0.242 e. The molecule has 3 rings (SSSR count). The highest BCUT2D eigenvalue weighted by atomic mass is 35.5. The fraction of sp³-hybridized carbons (Fsp3) is 0.259. The minimum Gasteiger partial charge on any atom is -0.357 e. The summed E-state index contributed by atoms with van der Waals surface area (Å²) in [4.78, 5) is 28.0. The number of hydrogen-bond donors (Lipinski definition) is 1. The van der Waals surface area contributed by atoms with E-state index in [1.165, 1.54) is 11.8 Å². The van der Waals surface area contributed by atoms with E-state index in [-0.39, 0.29) is 17.6 Å². The van der Waals surface area contributed by atoms with E-state index in [1.807, 2.05) is 85.8 Å². The third kappa shape index (κ3) is 7.65. The van der Waals surface area contributed by atoms with Crippen LogP contribution >= 0.6 is 23.4 Å². The van der Waals surface area contributed by atoms with E-state index in [9.17, 15) is 9.59 Å². The molecule has 33 heavy (non-hydrogen) atoms. The molecule has 0 bridgehead atoms. The van der Waals surface area contributed by atoms with Gasteiger partial charge in [-0.25, -0.2) is 0 Å². The Bertz CT molecular complexity index is 1060. The van der Waals surface area contributed by atoms with Crippen molar-refractivity contribution in [2.24, 2.45) is 0 Å². The van der Waals surface area contributed by atoms with Crippen molar-refractivity contribution >= 4 is 35.2 Å². The lowest BCUT2D eigenvalue weighted by Crippen LogP contribution is -2.50. The fourth-order valence-corrected chi connectivity index (χ4v) is 4.65. The molecule has 0 aromatic heterocycles. The summed E-state index contributed by atoms with van der Waals surface area (Å²) in [6.45, 7) is 2.41. The maximum atomic E-state index is 13.4. The van der Waals surface area contributed by atoms with Gasteiger partial charge >= 0.3 is 0 Å². The Labute approximate surface area is 205 Å². The van der Waals surface area contributed by atoms with Gasteiger partial charge < -0.3 is 10.2 Å². The summed E-state index contributed by atoms with van der Waals surface area (Å²) in [6.07, 6.45) is 0.455. The van der Waals surface area contributed by atoms with Gasteiger partial charge in [-0.1, -0.05) is 83.9 Å². The van der Waals surface area contributed by atoms with Crippen LogP contribution in [0.4, 0.5) is 0 Å². The average Bonchev–Trinajstić information content (AvgIpc) is 2.82. The van der Waals surface area contributed by atoms with Crippen molar-refractivity contribution in [2.75, 3.05) is 12.8 Å². The minimum absolute atomic E-state index is 0.0628. The molecular formula is C27H29ClN2O2S. The van der Waals surface area contributed by atoms with E-state index in [1.54, 1.807) is 11.9 Å². The Hall–Kier alpha value is -2.76. The van der Waals surface area contributed by atoms with Crippen molar-refractivity contribution in [3.8, 4) is 0 Å². The number of carbonyl (C=O) groups excluding carboxylic acids is 2. The van der Waals surface area contributed by atoms with Crippen molar-refractivity contribution in [3.63, 3.8) is 0 Å². The Morgan fingerprint density at radius 1 is 0.939 bits per heavy atom. The van der Waals surface area contributed by atoms with Crippen molar-refractivity contribution < 1.29 is 9.59 Å². The minimum atomic E-state index is -0.599. The van der Waals surface area contributed by atoms with Gasteiger partial charge in [0.25, 0.3) is 0 Å². The van der Waals surface area contributed by atoms with Crippen LogP contribution in [0.5, 0.6) is 0 Å². The summed E-state index contributed by atoms with van der Waals surface area (Å²) in [5.74, 6) is 0.723. The first-order chi connectivity index (χ1) is 16.0. The Morgan fingerprint density at radius 2 is 1.64 bits per heavy atom. The quantitative estimate of drug-likeness (QED) is 0.430. The Balaban J connectivity index is 1.80. The molecule has 0 saturated carbocycles. The molecule has 0 aliphatic heterocycles. The molecule has 1 N–H and O–H groups in total. The zero-order valence-electron chi connectivity index (χ0n) is 19.0. The number of nitrogens with one attached hydrogen (secondary N) is 1. The Kier molecular flexibility index (Phi) is 9.40. The van der Waals surface area contributed by atoms with E-state index in [4.69, 9.17) is 11.6 Å². The van der Waals surface area contributed by atoms with Crippen LogP contribution in [0.15, 0.2) is 78.9 Å². The molecule has 0 unspecified atom stereocenters. The topological polar surface area (TPSA) is 49.4 Å². The lowest BCUT2D eigenvalue weighted by molar-refractivity contribution is -0.139. The van der Waals surface area contributed by atoms with Gasteiger partial charge in [0.05, 0.1) is 5.75 Å². The Morgan fingerprint density at radius 3 is 2.30 bits per heavy atom. The van der Waals surface area contributed by atoms with Gasteiger partial charge in [0.2, 0.25) is 11.8 Å². The van der Waals surface area contributed by atoms with Gasteiger partial charge in [-0.05, 0) is 35.7 Å². The highest BCUT2D eigenvalue weighted by Crippen LogP contribution is 2.20. The van der Waals surface area contributed by atoms with Gasteiger partial charge in [-0.2, -0.15) is 0 Å². The maximum Gasteiger partial charge on any atom is 0.242 e. The van der Waals surface area contributed by atoms with Crippen LogP contribution in [0.25, 0.3) is 0 Å². The zero-order valence-corrected chi connectivity index (χ0v) is 20.5. The van der Waals surface area contributed by atoms with Gasteiger partial charge in [-0.3, -0.25) is 9.59 Å². The fourth-order valence-electron chi connectivity index (χ4n) is 3.58. The molecule has 0 saturated heterocycles. The number of thioether (sulfide) groups is 1. The predicted molar refractivity (Wildman–Crippen MR) is 137 cm³/mol. The van der Waals surface area contributed by atoms with E-state index >= 15 is 0 Å². The van der Waals surface area contributed by atoms with Crippen LogP contribution in [-0.4, -0.2) is 35.6 Å². The van der Waals surface area contributed by atoms with E-state index in [0.717, 1.165) is 22.3 Å². The first kappa shape index (κ1) is 24.9. The SMILES string of the molecule is CNC(=O)[C@@H](Cc1ccccc1)N(Cc1ccc(C)cc1)C(=O)CSCc1cccc(Cl)c1. The van der Waals surface area contributed by atoms with E-state index < -0.39 is 6.04 Å². The molecule has 4 nitrogen and oxygen atoms in total. The molecule has 2 amide bonds. The lowest BCUT2D eigenvalue weighted by atomic mass is 10.0. The second kappa shape index (κ2) is 12.5. The highest BCUT2D eigenvalue weighted by Gasteiger charge is 2.29. The van der Waals surface area contributed by atoms with Crippen molar-refractivity contribution in [1.29, 1.82) is 0 Å². The van der Waals surface area contributed by atoms with Gasteiger partial charge in [0.15, 0.2) is 0 Å². The number of nitrogens with zero attached hydrogens (tertiary/aromatic N) is 1. The van der Waals surface area contributed by atoms with Crippen molar-refractivity contribution in [2.45, 2.75) is 31.7 Å². The number of rotatable bonds is 10. The highest BCUT2D eigenvalue weighted by molar-refractivity contribution is 7.99. The molecule has 0 spiro atoms. The molecule has 172 valence electrons. The van der Waals surface area contributed by atoms with Gasteiger partial charge in [0.1, 0.15) is 6.04 Å². The first-order valence-corrected chi connectivity index (χ1v) is 12.4. The molecule has 1 atom stereocenters. The third-order valence-electron chi connectivity index (χ3n) is 5.37. The predicted octanol–water partition coefficient (Wildman–Crippen LogP) is 5.27. The normalized spacial score (nSPS) is 11.6. The number of benzene rings is 3. The van der Waals surface area contributed by atoms with Crippen molar-refractivity contribution in [3.05, 3.63) is 106 Å². The number of carbonyl (C=O) groups is 2. The summed E-state index contributed by atoms with van der Waals surface area (Å²) in [6, 6.07) is 24.9. The summed E-state index contributed by atoms with van der Waals surface area (Å²) >= 11 is 7.60. The van der Waals surface area contributed by atoms with Crippen LogP contribution in [0.2, 0.25) is 5.02 Å². The maximum absolute atomic E-state index is 13.4. The molecular weight excluding hydrogens is 452 g/mol. The average molecular weight is 481 g/mol. The van der Waals surface area contributed by atoms with Crippen LogP contribution in [0.1, 0.15) is 22.3 Å². The summed E-state index contributed by atoms with van der Waals surface area (Å²) in [5, 5.41) is 3.43. The monoisotopic (exact) mass is 480 g/mol. The second-order valence-corrected chi connectivity index (χ2v) is 9.37. The second-order valence-electron chi connectivity index (χ2n) is 7.95. The summed E-state index contributed by atoms with van der Waals surface area (Å²) in [7, 11) is 1.61. The molecule has 0 aliphatic carbocycles. The number of halogens is 1. The number of aryl methyl sites for hydroxylation is 1. The lowest BCUT2D eigenvalue weighted by Gasteiger charge is -2.31. The number of likely N-dealkylation sites (N-methyl/N-ethyl adjacent to an activating group) is 1. The van der Waals surface area contributed by atoms with E-state index in [2.05, 4.69) is 5.32 Å². The van der Waals surface area contributed by atoms with Gasteiger partial charge in [0, 0.05) is 30.8 Å². The molecule has 3 aromatic rings. The molecule has 0 heterocycles. The summed E-state index contributed by atoms with van der Waals surface area (Å²) < 4.78 is 0. The van der Waals surface area contributed by atoms with Gasteiger partial charge in [-0.15, -0.1) is 11.8 Å². The first-order valence-electron chi connectivity index (χ1n) is 10.9. The largest absolute Gasteiger partial charge is 0.357 e. The van der Waals surface area contributed by atoms with Crippen LogP contribution in [0.3, 0.4) is 0 Å². The van der Waals surface area contributed by atoms with Crippen LogP contribution in [-0.2, 0) is 28.3 Å². The molecule has 0 radical (unpaired) electrons. The number of amides is 2. The number of hydrogen-bond acceptors (Lipinski definition) is 3. The van der Waals surface area contributed by atoms with Crippen LogP contribution < -0.4 is 5.32 Å². The molecule has 6 heteroatoms. The summed E-state index contributed by atoms with van der Waals surface area (Å²) in [5.41, 5.74) is 4.23. The molecule has 0 fully saturated rings. The molecule has 3 aromatic carbocycles. The zero-order chi connectivity index (χ0) is 23.6. The standard InChI is InChI=1S/C27H29ClN2O2S/c1-20-11-13-22(14-12-20)17-30(25(27(32)29-2)16-21-7-4-3-5-8-21)26(31)19-33-18-23-9-6-10-24(28)15-23/h3-15,25H,16-19H2,1-2H3,(H,29,32)/t25-/m1/s1. The van der Waals surface area contributed by atoms with Crippen LogP contribution in [0, 0.1) is 6.92 Å². The third-order valence-corrected chi connectivity index (χ3v) is 6.60. The van der Waals surface area contributed by atoms with Crippen molar-refractivity contribution in [1.82, 2.24) is 10.2 Å². The van der Waals surface area contributed by atoms with E-state index in [0.29, 0.717) is 23.7 Å².